The minimum absolute atomic E-state index is 0.666. The largest absolute Gasteiger partial charge is 0.357 e. The van der Waals surface area contributed by atoms with Crippen LogP contribution in [-0.4, -0.2) is 35.0 Å². The molecule has 0 spiro atoms. The van der Waals surface area contributed by atoms with Gasteiger partial charge in [-0.15, -0.1) is 0 Å². The Morgan fingerprint density at radius 3 is 2.68 bits per heavy atom. The van der Waals surface area contributed by atoms with Crippen LogP contribution in [0.5, 0.6) is 0 Å². The van der Waals surface area contributed by atoms with Crippen LogP contribution in [0, 0.1) is 0 Å². The molecule has 1 aromatic carbocycles. The van der Waals surface area contributed by atoms with Crippen LogP contribution in [0.15, 0.2) is 53.7 Å². The number of benzene rings is 1. The average Bonchev–Trinajstić information content (AvgIpc) is 2.73. The lowest BCUT2D eigenvalue weighted by molar-refractivity contribution is 0.152. The molecular formula is C23H33N5. The molecule has 1 fully saturated rings. The molecule has 28 heavy (non-hydrogen) atoms. The van der Waals surface area contributed by atoms with Gasteiger partial charge in [-0.1, -0.05) is 36.8 Å². The number of pyridine rings is 1. The minimum Gasteiger partial charge on any atom is -0.357 e. The Bertz CT molecular complexity index is 744. The fourth-order valence-electron chi connectivity index (χ4n) is 3.66. The quantitative estimate of drug-likeness (QED) is 0.569. The molecule has 5 nitrogen and oxygen atoms in total. The third-order valence-electron chi connectivity index (χ3n) is 5.35. The highest BCUT2D eigenvalue weighted by Crippen LogP contribution is 2.21. The summed E-state index contributed by atoms with van der Waals surface area (Å²) in [5, 5.41) is 6.71. The van der Waals surface area contributed by atoms with E-state index in [1.807, 2.05) is 24.4 Å². The van der Waals surface area contributed by atoms with E-state index < -0.39 is 0 Å². The van der Waals surface area contributed by atoms with Crippen molar-refractivity contribution in [3.05, 3.63) is 65.5 Å². The van der Waals surface area contributed by atoms with Crippen molar-refractivity contribution < 1.29 is 0 Å². The van der Waals surface area contributed by atoms with Gasteiger partial charge in [0.05, 0.1) is 18.8 Å². The van der Waals surface area contributed by atoms with Gasteiger partial charge in [-0.2, -0.15) is 0 Å². The minimum atomic E-state index is 0.666. The summed E-state index contributed by atoms with van der Waals surface area (Å²) in [5.41, 5.74) is 3.70. The van der Waals surface area contributed by atoms with E-state index in [2.05, 4.69) is 58.6 Å². The molecule has 0 radical (unpaired) electrons. The summed E-state index contributed by atoms with van der Waals surface area (Å²) in [6.07, 6.45) is 5.80. The maximum Gasteiger partial charge on any atom is 0.191 e. The SMILES string of the molecule is CCNC(=NCc1ccccc1CN1CCCCC1C)NCc1ccccn1. The van der Waals surface area contributed by atoms with Crippen molar-refractivity contribution in [1.29, 1.82) is 0 Å². The van der Waals surface area contributed by atoms with Crippen LogP contribution in [0.25, 0.3) is 0 Å². The fraction of sp³-hybridized carbons (Fsp3) is 0.478. The first-order valence-electron chi connectivity index (χ1n) is 10.5. The molecular weight excluding hydrogens is 346 g/mol. The summed E-state index contributed by atoms with van der Waals surface area (Å²) < 4.78 is 0. The number of guanidine groups is 1. The number of hydrogen-bond acceptors (Lipinski definition) is 3. The van der Waals surface area contributed by atoms with Crippen molar-refractivity contribution in [1.82, 2.24) is 20.5 Å². The number of aliphatic imine (C=N–C) groups is 1. The van der Waals surface area contributed by atoms with E-state index in [0.717, 1.165) is 24.7 Å². The zero-order valence-electron chi connectivity index (χ0n) is 17.2. The van der Waals surface area contributed by atoms with Gasteiger partial charge in [-0.3, -0.25) is 9.88 Å². The molecule has 2 N–H and O–H groups in total. The molecule has 1 unspecified atom stereocenters. The van der Waals surface area contributed by atoms with Gasteiger partial charge < -0.3 is 10.6 Å². The highest BCUT2D eigenvalue weighted by molar-refractivity contribution is 5.79. The van der Waals surface area contributed by atoms with Gasteiger partial charge in [0, 0.05) is 25.3 Å². The molecule has 0 amide bonds. The molecule has 5 heteroatoms. The second kappa shape index (κ2) is 10.8. The third kappa shape index (κ3) is 6.06. The summed E-state index contributed by atoms with van der Waals surface area (Å²) in [5.74, 6) is 0.828. The summed E-state index contributed by atoms with van der Waals surface area (Å²) in [6, 6.07) is 15.3. The first-order chi connectivity index (χ1) is 13.8. The maximum atomic E-state index is 4.82. The first-order valence-corrected chi connectivity index (χ1v) is 10.5. The smallest absolute Gasteiger partial charge is 0.191 e. The summed E-state index contributed by atoms with van der Waals surface area (Å²) in [4.78, 5) is 11.8. The second-order valence-electron chi connectivity index (χ2n) is 7.45. The fourth-order valence-corrected chi connectivity index (χ4v) is 3.66. The number of rotatable bonds is 7. The standard InChI is InChI=1S/C23H33N5/c1-3-24-23(27-17-22-13-6-8-14-25-22)26-16-20-11-4-5-12-21(20)18-28-15-9-7-10-19(28)2/h4-6,8,11-14,19H,3,7,9-10,15-18H2,1-2H3,(H2,24,26,27). The predicted octanol–water partition coefficient (Wildman–Crippen LogP) is 3.71. The molecule has 3 rings (SSSR count). The van der Waals surface area contributed by atoms with E-state index in [0.29, 0.717) is 19.1 Å². The summed E-state index contributed by atoms with van der Waals surface area (Å²) >= 11 is 0. The molecule has 1 aliphatic heterocycles. The highest BCUT2D eigenvalue weighted by atomic mass is 15.2. The van der Waals surface area contributed by atoms with Crippen LogP contribution in [0.2, 0.25) is 0 Å². The molecule has 0 bridgehead atoms. The zero-order valence-corrected chi connectivity index (χ0v) is 17.2. The monoisotopic (exact) mass is 379 g/mol. The number of piperidine rings is 1. The number of nitrogens with one attached hydrogen (secondary N) is 2. The topological polar surface area (TPSA) is 52.6 Å². The lowest BCUT2D eigenvalue weighted by atomic mass is 10.0. The molecule has 0 aliphatic carbocycles. The zero-order chi connectivity index (χ0) is 19.6. The van der Waals surface area contributed by atoms with Crippen LogP contribution >= 0.6 is 0 Å². The van der Waals surface area contributed by atoms with Crippen LogP contribution in [0.3, 0.4) is 0 Å². The van der Waals surface area contributed by atoms with Crippen LogP contribution in [-0.2, 0) is 19.6 Å². The van der Waals surface area contributed by atoms with Gasteiger partial charge in [-0.05, 0) is 56.5 Å². The molecule has 150 valence electrons. The van der Waals surface area contributed by atoms with Crippen molar-refractivity contribution in [2.45, 2.75) is 58.8 Å². The van der Waals surface area contributed by atoms with Gasteiger partial charge in [0.15, 0.2) is 5.96 Å². The number of hydrogen-bond donors (Lipinski definition) is 2. The number of likely N-dealkylation sites (tertiary alicyclic amines) is 1. The Morgan fingerprint density at radius 2 is 1.93 bits per heavy atom. The van der Waals surface area contributed by atoms with Crippen molar-refractivity contribution in [2.24, 2.45) is 4.99 Å². The van der Waals surface area contributed by atoms with E-state index in [4.69, 9.17) is 4.99 Å². The third-order valence-corrected chi connectivity index (χ3v) is 5.35. The van der Waals surface area contributed by atoms with Gasteiger partial charge in [0.25, 0.3) is 0 Å². The van der Waals surface area contributed by atoms with Crippen molar-refractivity contribution in [3.63, 3.8) is 0 Å². The number of nitrogens with zero attached hydrogens (tertiary/aromatic N) is 3. The van der Waals surface area contributed by atoms with E-state index in [1.165, 1.54) is 36.9 Å². The van der Waals surface area contributed by atoms with Crippen molar-refractivity contribution in [3.8, 4) is 0 Å². The Morgan fingerprint density at radius 1 is 1.11 bits per heavy atom. The summed E-state index contributed by atoms with van der Waals surface area (Å²) in [7, 11) is 0. The van der Waals surface area contributed by atoms with Gasteiger partial charge in [-0.25, -0.2) is 4.99 Å². The Labute approximate surface area is 169 Å². The lowest BCUT2D eigenvalue weighted by Gasteiger charge is -2.33. The first kappa shape index (κ1) is 20.3. The molecule has 1 atom stereocenters. The highest BCUT2D eigenvalue weighted by Gasteiger charge is 2.19. The Kier molecular flexibility index (Phi) is 7.85. The van der Waals surface area contributed by atoms with Gasteiger partial charge in [0.2, 0.25) is 0 Å². The molecule has 2 heterocycles. The average molecular weight is 380 g/mol. The van der Waals surface area contributed by atoms with E-state index >= 15 is 0 Å². The van der Waals surface area contributed by atoms with E-state index in [1.54, 1.807) is 0 Å². The molecule has 1 aliphatic rings. The summed E-state index contributed by atoms with van der Waals surface area (Å²) in [6.45, 7) is 8.84. The lowest BCUT2D eigenvalue weighted by Crippen LogP contribution is -2.37. The van der Waals surface area contributed by atoms with Crippen molar-refractivity contribution >= 4 is 5.96 Å². The second-order valence-corrected chi connectivity index (χ2v) is 7.45. The van der Waals surface area contributed by atoms with Gasteiger partial charge in [0.1, 0.15) is 0 Å². The number of aromatic nitrogens is 1. The van der Waals surface area contributed by atoms with Crippen molar-refractivity contribution in [2.75, 3.05) is 13.1 Å². The van der Waals surface area contributed by atoms with Gasteiger partial charge >= 0.3 is 0 Å². The maximum absolute atomic E-state index is 4.82. The molecule has 1 aromatic heterocycles. The Balaban J connectivity index is 1.65. The Hall–Kier alpha value is -2.40. The van der Waals surface area contributed by atoms with E-state index in [-0.39, 0.29) is 0 Å². The van der Waals surface area contributed by atoms with Crippen LogP contribution < -0.4 is 10.6 Å². The molecule has 0 saturated carbocycles. The van der Waals surface area contributed by atoms with Crippen LogP contribution in [0.1, 0.15) is 49.9 Å². The molecule has 2 aromatic rings. The predicted molar refractivity (Wildman–Crippen MR) is 116 cm³/mol. The van der Waals surface area contributed by atoms with E-state index in [9.17, 15) is 0 Å². The normalized spacial score (nSPS) is 18.1. The molecule has 1 saturated heterocycles. The van der Waals surface area contributed by atoms with Crippen LogP contribution in [0.4, 0.5) is 0 Å².